The highest BCUT2D eigenvalue weighted by atomic mass is 31.2. The minimum absolute atomic E-state index is 0.182. The van der Waals surface area contributed by atoms with Crippen LogP contribution in [0.15, 0.2) is 12.7 Å². The van der Waals surface area contributed by atoms with Crippen LogP contribution >= 0.6 is 7.60 Å². The minimum Gasteiger partial charge on any atom is -0.463 e. The fourth-order valence-corrected chi connectivity index (χ4v) is 2.19. The maximum Gasteiger partial charge on any atom is 0.330 e. The van der Waals surface area contributed by atoms with Gasteiger partial charge in [0, 0.05) is 6.08 Å². The van der Waals surface area contributed by atoms with Gasteiger partial charge in [0.15, 0.2) is 0 Å². The lowest BCUT2D eigenvalue weighted by atomic mass is 10.1. The normalized spacial score (nSPS) is 11.4. The molecule has 0 aromatic rings. The SMILES string of the molecule is C=CC(=O)OCCCCCCCCOOCCCP(=O)(O)O. The van der Waals surface area contributed by atoms with Crippen molar-refractivity contribution in [3.8, 4) is 0 Å². The molecule has 0 spiro atoms. The average Bonchev–Trinajstić information content (AvgIpc) is 2.46. The van der Waals surface area contributed by atoms with Gasteiger partial charge in [0.1, 0.15) is 0 Å². The highest BCUT2D eigenvalue weighted by Gasteiger charge is 2.11. The lowest BCUT2D eigenvalue weighted by molar-refractivity contribution is -0.294. The van der Waals surface area contributed by atoms with Crippen LogP contribution in [-0.2, 0) is 23.9 Å². The van der Waals surface area contributed by atoms with Crippen molar-refractivity contribution in [3.05, 3.63) is 12.7 Å². The molecule has 0 aliphatic carbocycles. The van der Waals surface area contributed by atoms with Gasteiger partial charge in [0.05, 0.1) is 26.0 Å². The van der Waals surface area contributed by atoms with E-state index in [4.69, 9.17) is 24.3 Å². The largest absolute Gasteiger partial charge is 0.463 e. The van der Waals surface area contributed by atoms with E-state index in [2.05, 4.69) is 6.58 Å². The molecular weight excluding hydrogens is 311 g/mol. The van der Waals surface area contributed by atoms with Crippen molar-refractivity contribution in [3.63, 3.8) is 0 Å². The molecule has 0 bridgehead atoms. The maximum absolute atomic E-state index is 10.8. The van der Waals surface area contributed by atoms with Crippen molar-refractivity contribution in [1.29, 1.82) is 0 Å². The third kappa shape index (κ3) is 17.3. The number of unbranched alkanes of at least 4 members (excludes halogenated alkanes) is 5. The Bertz CT molecular complexity index is 340. The van der Waals surface area contributed by atoms with Crippen LogP contribution in [0.2, 0.25) is 0 Å². The topological polar surface area (TPSA) is 102 Å². The molecule has 0 aromatic carbocycles. The molecule has 0 aliphatic heterocycles. The smallest absolute Gasteiger partial charge is 0.330 e. The summed E-state index contributed by atoms with van der Waals surface area (Å²) in [5, 5.41) is 0. The second-order valence-corrected chi connectivity index (χ2v) is 6.66. The van der Waals surface area contributed by atoms with Crippen molar-refractivity contribution < 1.29 is 33.7 Å². The van der Waals surface area contributed by atoms with Crippen LogP contribution in [0, 0.1) is 0 Å². The predicted octanol–water partition coefficient (Wildman–Crippen LogP) is 2.57. The Morgan fingerprint density at radius 2 is 1.41 bits per heavy atom. The van der Waals surface area contributed by atoms with E-state index in [-0.39, 0.29) is 25.2 Å². The number of carbonyl (C=O) groups excluding carboxylic acids is 1. The van der Waals surface area contributed by atoms with E-state index in [0.717, 1.165) is 44.6 Å². The lowest BCUT2D eigenvalue weighted by Crippen LogP contribution is -2.02. The van der Waals surface area contributed by atoms with Crippen LogP contribution in [-0.4, -0.2) is 41.7 Å². The second-order valence-electron chi connectivity index (χ2n) is 4.88. The molecule has 0 saturated heterocycles. The van der Waals surface area contributed by atoms with Crippen molar-refractivity contribution in [2.24, 2.45) is 0 Å². The Labute approximate surface area is 131 Å². The Morgan fingerprint density at radius 1 is 0.909 bits per heavy atom. The quantitative estimate of drug-likeness (QED) is 0.118. The van der Waals surface area contributed by atoms with Gasteiger partial charge in [0.2, 0.25) is 0 Å². The second kappa shape index (κ2) is 13.9. The fraction of sp³-hybridized carbons (Fsp3) is 0.786. The number of hydrogen-bond acceptors (Lipinski definition) is 5. The van der Waals surface area contributed by atoms with E-state index in [9.17, 15) is 9.36 Å². The highest BCUT2D eigenvalue weighted by Crippen LogP contribution is 2.34. The van der Waals surface area contributed by atoms with Gasteiger partial charge < -0.3 is 14.5 Å². The number of ether oxygens (including phenoxy) is 1. The zero-order valence-electron chi connectivity index (χ0n) is 12.9. The van der Waals surface area contributed by atoms with Gasteiger partial charge in [-0.15, -0.1) is 0 Å². The minimum atomic E-state index is -3.92. The summed E-state index contributed by atoms with van der Waals surface area (Å²) >= 11 is 0. The standard InChI is InChI=1S/C14H27O7P/c1-2-14(15)19-10-7-5-3-4-6-8-11-20-21-12-9-13-22(16,17)18/h2H,1,3-13H2,(H2,16,17,18). The first-order chi connectivity index (χ1) is 10.5. The monoisotopic (exact) mass is 338 g/mol. The summed E-state index contributed by atoms with van der Waals surface area (Å²) in [6, 6.07) is 0. The molecule has 0 unspecified atom stereocenters. The average molecular weight is 338 g/mol. The van der Waals surface area contributed by atoms with Crippen LogP contribution in [0.4, 0.5) is 0 Å². The van der Waals surface area contributed by atoms with Crippen LogP contribution in [0.25, 0.3) is 0 Å². The highest BCUT2D eigenvalue weighted by molar-refractivity contribution is 7.51. The van der Waals surface area contributed by atoms with E-state index in [0.29, 0.717) is 13.2 Å². The van der Waals surface area contributed by atoms with Crippen molar-refractivity contribution >= 4 is 13.6 Å². The summed E-state index contributed by atoms with van der Waals surface area (Å²) in [6.45, 7) is 4.43. The molecule has 0 fully saturated rings. The molecule has 0 amide bonds. The van der Waals surface area contributed by atoms with Crippen molar-refractivity contribution in [2.75, 3.05) is 26.0 Å². The first kappa shape index (κ1) is 21.3. The molecule has 22 heavy (non-hydrogen) atoms. The summed E-state index contributed by atoms with van der Waals surface area (Å²) in [7, 11) is -3.92. The molecule has 0 heterocycles. The molecule has 2 N–H and O–H groups in total. The van der Waals surface area contributed by atoms with E-state index in [1.165, 1.54) is 0 Å². The summed E-state index contributed by atoms with van der Waals surface area (Å²) in [4.78, 5) is 37.7. The molecular formula is C14H27O7P. The first-order valence-corrected chi connectivity index (χ1v) is 9.33. The fourth-order valence-electron chi connectivity index (χ4n) is 1.65. The first-order valence-electron chi connectivity index (χ1n) is 7.54. The number of hydrogen-bond donors (Lipinski definition) is 2. The van der Waals surface area contributed by atoms with Gasteiger partial charge in [-0.3, -0.25) is 4.57 Å². The van der Waals surface area contributed by atoms with Gasteiger partial charge in [-0.1, -0.05) is 32.3 Å². The maximum atomic E-state index is 10.8. The molecule has 0 aliphatic rings. The van der Waals surface area contributed by atoms with Crippen molar-refractivity contribution in [2.45, 2.75) is 44.9 Å². The third-order valence-corrected chi connectivity index (χ3v) is 3.69. The van der Waals surface area contributed by atoms with Gasteiger partial charge >= 0.3 is 13.6 Å². The van der Waals surface area contributed by atoms with Gasteiger partial charge in [-0.05, 0) is 19.3 Å². The molecule has 0 saturated carbocycles. The Balaban J connectivity index is 3.10. The van der Waals surface area contributed by atoms with E-state index < -0.39 is 7.60 Å². The van der Waals surface area contributed by atoms with E-state index >= 15 is 0 Å². The molecule has 8 heteroatoms. The summed E-state index contributed by atoms with van der Waals surface area (Å²) in [6.07, 6.45) is 7.20. The number of esters is 1. The Morgan fingerprint density at radius 3 is 1.95 bits per heavy atom. The summed E-state index contributed by atoms with van der Waals surface area (Å²) in [5.41, 5.74) is 0. The summed E-state index contributed by atoms with van der Waals surface area (Å²) in [5.74, 6) is -0.377. The van der Waals surface area contributed by atoms with Gasteiger partial charge in [0.25, 0.3) is 0 Å². The molecule has 7 nitrogen and oxygen atoms in total. The predicted molar refractivity (Wildman–Crippen MR) is 82.3 cm³/mol. The molecule has 0 radical (unpaired) electrons. The Kier molecular flexibility index (Phi) is 13.5. The van der Waals surface area contributed by atoms with Crippen molar-refractivity contribution in [1.82, 2.24) is 0 Å². The van der Waals surface area contributed by atoms with Crippen LogP contribution < -0.4 is 0 Å². The number of carbonyl (C=O) groups is 1. The van der Waals surface area contributed by atoms with Crippen LogP contribution in [0.5, 0.6) is 0 Å². The van der Waals surface area contributed by atoms with E-state index in [1.807, 2.05) is 0 Å². The summed E-state index contributed by atoms with van der Waals surface area (Å²) < 4.78 is 15.4. The Hall–Kier alpha value is -0.720. The third-order valence-electron chi connectivity index (χ3n) is 2.79. The lowest BCUT2D eigenvalue weighted by Gasteiger charge is -2.05. The molecule has 0 aromatic heterocycles. The molecule has 0 atom stereocenters. The zero-order chi connectivity index (χ0) is 16.7. The van der Waals surface area contributed by atoms with Crippen LogP contribution in [0.1, 0.15) is 44.9 Å². The molecule has 0 rings (SSSR count). The van der Waals surface area contributed by atoms with Crippen LogP contribution in [0.3, 0.4) is 0 Å². The molecule has 130 valence electrons. The van der Waals surface area contributed by atoms with Gasteiger partial charge in [-0.25, -0.2) is 14.6 Å². The van der Waals surface area contributed by atoms with E-state index in [1.54, 1.807) is 0 Å². The number of rotatable bonds is 15. The zero-order valence-corrected chi connectivity index (χ0v) is 13.8. The van der Waals surface area contributed by atoms with Gasteiger partial charge in [-0.2, -0.15) is 0 Å².